The van der Waals surface area contributed by atoms with Gasteiger partial charge in [0.1, 0.15) is 42.7 Å². The predicted octanol–water partition coefficient (Wildman–Crippen LogP) is 8.47. The first-order valence-electron chi connectivity index (χ1n) is 24.2. The third kappa shape index (κ3) is 13.7. The maximum atomic E-state index is 6.91. The zero-order valence-electron chi connectivity index (χ0n) is 40.1. The average molecular weight is 963 g/mol. The molecule has 370 valence electrons. The number of benzene rings is 6. The van der Waals surface area contributed by atoms with Gasteiger partial charge in [-0.25, -0.2) is 4.68 Å². The molecule has 9 rings (SSSR count). The van der Waals surface area contributed by atoms with Crippen LogP contribution in [-0.2, 0) is 100.0 Å². The summed E-state index contributed by atoms with van der Waals surface area (Å²) in [5.74, 6) is 0.521. The van der Waals surface area contributed by atoms with Gasteiger partial charge in [0.2, 0.25) is 0 Å². The SMILES string of the molecule is CO[C@H]1O[C@H](Cc2nnnn2C[C@H]2O[C@H](OC)[C@H](OCc3ccccc3)[C@@H](OCc3ccccc3)[C@@H]2OCc2ccccc2)[C@@H](OCc2ccccc2)[C@H](OCc2ccccc2)[C@H]1OCc1ccccc1. The van der Waals surface area contributed by atoms with E-state index in [9.17, 15) is 0 Å². The van der Waals surface area contributed by atoms with Crippen LogP contribution in [0.1, 0.15) is 39.2 Å². The summed E-state index contributed by atoms with van der Waals surface area (Å²) >= 11 is 0. The van der Waals surface area contributed by atoms with Crippen molar-refractivity contribution in [3.05, 3.63) is 221 Å². The van der Waals surface area contributed by atoms with Crippen molar-refractivity contribution in [2.45, 2.75) is 114 Å². The van der Waals surface area contributed by atoms with Crippen molar-refractivity contribution in [3.63, 3.8) is 0 Å². The first kappa shape index (κ1) is 50.0. The lowest BCUT2D eigenvalue weighted by Gasteiger charge is -2.46. The zero-order chi connectivity index (χ0) is 48.5. The van der Waals surface area contributed by atoms with Crippen LogP contribution < -0.4 is 0 Å². The van der Waals surface area contributed by atoms with Crippen LogP contribution in [0.4, 0.5) is 0 Å². The van der Waals surface area contributed by atoms with E-state index in [0.717, 1.165) is 33.4 Å². The predicted molar refractivity (Wildman–Crippen MR) is 263 cm³/mol. The highest BCUT2D eigenvalue weighted by Crippen LogP contribution is 2.34. The number of methoxy groups -OCH3 is 2. The molecule has 2 aliphatic heterocycles. The monoisotopic (exact) mass is 962 g/mol. The molecule has 3 heterocycles. The van der Waals surface area contributed by atoms with Gasteiger partial charge in [0.25, 0.3) is 0 Å². The number of tetrazole rings is 1. The van der Waals surface area contributed by atoms with Gasteiger partial charge in [0.05, 0.1) is 52.3 Å². The molecule has 10 atom stereocenters. The third-order valence-electron chi connectivity index (χ3n) is 12.7. The van der Waals surface area contributed by atoms with Crippen molar-refractivity contribution in [2.24, 2.45) is 0 Å². The lowest BCUT2D eigenvalue weighted by Crippen LogP contribution is -2.62. The summed E-state index contributed by atoms with van der Waals surface area (Å²) in [6.07, 6.45) is -6.78. The minimum Gasteiger partial charge on any atom is -0.368 e. The van der Waals surface area contributed by atoms with Gasteiger partial charge in [-0.2, -0.15) is 0 Å². The molecule has 2 saturated heterocycles. The van der Waals surface area contributed by atoms with Gasteiger partial charge in [-0.15, -0.1) is 5.10 Å². The van der Waals surface area contributed by atoms with Crippen LogP contribution >= 0.6 is 0 Å². The van der Waals surface area contributed by atoms with E-state index in [1.165, 1.54) is 0 Å². The van der Waals surface area contributed by atoms with Crippen LogP contribution in [0.25, 0.3) is 0 Å². The molecular formula is C57H62N4O10. The molecule has 0 unspecified atom stereocenters. The Labute approximate surface area is 415 Å². The van der Waals surface area contributed by atoms with Crippen LogP contribution in [0.15, 0.2) is 182 Å². The van der Waals surface area contributed by atoms with Crippen molar-refractivity contribution in [1.82, 2.24) is 20.2 Å². The molecule has 1 aromatic heterocycles. The van der Waals surface area contributed by atoms with Crippen LogP contribution in [-0.4, -0.2) is 95.8 Å². The quantitative estimate of drug-likeness (QED) is 0.0574. The number of ether oxygens (including phenoxy) is 10. The lowest BCUT2D eigenvalue weighted by molar-refractivity contribution is -0.320. The molecule has 0 amide bonds. The standard InChI is InChI=1S/C57H62N4O10/c1-62-56-54(68-39-45-29-17-7-18-30-45)52(66-37-43-25-13-5-14-26-43)50(64-35-41-21-9-3-10-22-41)47(70-56)33-49-58-59-60-61(49)34-48-51(65-36-42-23-11-4-12-24-42)53(67-38-44-27-15-6-16-28-44)55(57(63-2)71-48)69-40-46-31-19-8-20-32-46/h3-32,47-48,50-57H,33-40H2,1-2H3/t47-,48-,50-,51-,52+,53+,54-,55-,56+,57+/m1/s1. The Balaban J connectivity index is 1.02. The second kappa shape index (κ2) is 25.9. The topological polar surface area (TPSA) is 136 Å². The van der Waals surface area contributed by atoms with E-state index in [1.807, 2.05) is 182 Å². The summed E-state index contributed by atoms with van der Waals surface area (Å²) in [6, 6.07) is 60.1. The fourth-order valence-electron chi connectivity index (χ4n) is 9.04. The Bertz CT molecular complexity index is 2390. The Kier molecular flexibility index (Phi) is 18.2. The van der Waals surface area contributed by atoms with Gasteiger partial charge in [-0.1, -0.05) is 182 Å². The summed E-state index contributed by atoms with van der Waals surface area (Å²) in [5, 5.41) is 13.4. The van der Waals surface area contributed by atoms with E-state index >= 15 is 0 Å². The highest BCUT2D eigenvalue weighted by atomic mass is 16.7. The first-order chi connectivity index (χ1) is 35.1. The van der Waals surface area contributed by atoms with Crippen molar-refractivity contribution in [2.75, 3.05) is 14.2 Å². The van der Waals surface area contributed by atoms with Gasteiger partial charge < -0.3 is 47.4 Å². The number of rotatable bonds is 24. The first-order valence-corrected chi connectivity index (χ1v) is 24.2. The van der Waals surface area contributed by atoms with Crippen LogP contribution in [0.2, 0.25) is 0 Å². The average Bonchev–Trinajstić information content (AvgIpc) is 3.87. The minimum absolute atomic E-state index is 0.172. The van der Waals surface area contributed by atoms with E-state index < -0.39 is 61.4 Å². The summed E-state index contributed by atoms with van der Waals surface area (Å²) in [6.45, 7) is 1.96. The fourth-order valence-corrected chi connectivity index (χ4v) is 9.04. The van der Waals surface area contributed by atoms with Crippen molar-refractivity contribution >= 4 is 0 Å². The Morgan fingerprint density at radius 2 is 0.676 bits per heavy atom. The molecule has 2 aliphatic rings. The molecule has 0 spiro atoms. The molecule has 6 aromatic carbocycles. The van der Waals surface area contributed by atoms with E-state index in [1.54, 1.807) is 18.9 Å². The van der Waals surface area contributed by atoms with Crippen molar-refractivity contribution < 1.29 is 47.4 Å². The number of hydrogen-bond donors (Lipinski definition) is 0. The maximum absolute atomic E-state index is 6.91. The second-order valence-electron chi connectivity index (χ2n) is 17.6. The second-order valence-corrected chi connectivity index (χ2v) is 17.6. The van der Waals surface area contributed by atoms with Crippen LogP contribution in [0, 0.1) is 0 Å². The van der Waals surface area contributed by atoms with E-state index in [-0.39, 0.29) is 26.2 Å². The van der Waals surface area contributed by atoms with E-state index in [2.05, 4.69) is 15.5 Å². The molecule has 71 heavy (non-hydrogen) atoms. The third-order valence-corrected chi connectivity index (χ3v) is 12.7. The van der Waals surface area contributed by atoms with Gasteiger partial charge in [0.15, 0.2) is 18.4 Å². The molecule has 0 radical (unpaired) electrons. The van der Waals surface area contributed by atoms with Crippen molar-refractivity contribution in [3.8, 4) is 0 Å². The molecule has 14 heteroatoms. The minimum atomic E-state index is -0.837. The highest BCUT2D eigenvalue weighted by molar-refractivity contribution is 5.18. The van der Waals surface area contributed by atoms with E-state index in [4.69, 9.17) is 47.4 Å². The van der Waals surface area contributed by atoms with Crippen LogP contribution in [0.5, 0.6) is 0 Å². The number of hydrogen-bond acceptors (Lipinski definition) is 13. The maximum Gasteiger partial charge on any atom is 0.186 e. The normalized spacial score (nSPS) is 24.4. The largest absolute Gasteiger partial charge is 0.368 e. The molecule has 14 nitrogen and oxygen atoms in total. The smallest absolute Gasteiger partial charge is 0.186 e. The molecule has 0 N–H and O–H groups in total. The number of nitrogens with zero attached hydrogens (tertiary/aromatic N) is 4. The van der Waals surface area contributed by atoms with Crippen molar-refractivity contribution in [1.29, 1.82) is 0 Å². The molecular weight excluding hydrogens is 901 g/mol. The Hall–Kier alpha value is -6.01. The van der Waals surface area contributed by atoms with Gasteiger partial charge in [-0.05, 0) is 43.8 Å². The molecule has 0 saturated carbocycles. The Morgan fingerprint density at radius 1 is 0.380 bits per heavy atom. The van der Waals surface area contributed by atoms with E-state index in [0.29, 0.717) is 32.3 Å². The van der Waals surface area contributed by atoms with Gasteiger partial charge in [-0.3, -0.25) is 0 Å². The molecule has 0 aliphatic carbocycles. The lowest BCUT2D eigenvalue weighted by atomic mass is 9.95. The summed E-state index contributed by atoms with van der Waals surface area (Å²) < 4.78 is 68.6. The number of aromatic nitrogens is 4. The zero-order valence-corrected chi connectivity index (χ0v) is 40.1. The van der Waals surface area contributed by atoms with Gasteiger partial charge >= 0.3 is 0 Å². The van der Waals surface area contributed by atoms with Crippen LogP contribution in [0.3, 0.4) is 0 Å². The molecule has 7 aromatic rings. The summed E-state index contributed by atoms with van der Waals surface area (Å²) in [7, 11) is 3.22. The Morgan fingerprint density at radius 3 is 1.01 bits per heavy atom. The molecule has 0 bridgehead atoms. The fraction of sp³-hybridized carbons (Fsp3) is 0.351. The van der Waals surface area contributed by atoms with Gasteiger partial charge in [0, 0.05) is 20.6 Å². The summed E-state index contributed by atoms with van der Waals surface area (Å²) in [4.78, 5) is 0. The summed E-state index contributed by atoms with van der Waals surface area (Å²) in [5.41, 5.74) is 5.99. The highest BCUT2D eigenvalue weighted by Gasteiger charge is 2.51. The molecule has 2 fully saturated rings.